The molecule has 1 aliphatic rings. The Bertz CT molecular complexity index is 643. The first kappa shape index (κ1) is 14.6. The number of carbonyl (C=O) groups excluding carboxylic acids is 1. The molecule has 0 saturated carbocycles. The van der Waals surface area contributed by atoms with Gasteiger partial charge in [0.25, 0.3) is 0 Å². The standard InChI is InChI=1S/C14H18N4OS2/c1-8-12(21-9(2)16-8)11-7-20-14(17-11)18-13(19)10-4-3-5-15-6-10/h7,10,15H,3-6H2,1-2H3,(H,17,18,19). The molecule has 112 valence electrons. The Labute approximate surface area is 131 Å². The monoisotopic (exact) mass is 322 g/mol. The molecule has 7 heteroatoms. The Kier molecular flexibility index (Phi) is 4.32. The topological polar surface area (TPSA) is 66.9 Å². The van der Waals surface area contributed by atoms with Crippen molar-refractivity contribution in [2.45, 2.75) is 26.7 Å². The average Bonchev–Trinajstić information content (AvgIpc) is 3.06. The molecule has 1 aliphatic heterocycles. The number of hydrogen-bond donors (Lipinski definition) is 2. The van der Waals surface area contributed by atoms with Crippen LogP contribution in [0.15, 0.2) is 5.38 Å². The van der Waals surface area contributed by atoms with E-state index in [1.807, 2.05) is 19.2 Å². The van der Waals surface area contributed by atoms with E-state index in [4.69, 9.17) is 0 Å². The van der Waals surface area contributed by atoms with Crippen LogP contribution >= 0.6 is 22.7 Å². The molecular weight excluding hydrogens is 304 g/mol. The van der Waals surface area contributed by atoms with Crippen LogP contribution in [0, 0.1) is 19.8 Å². The van der Waals surface area contributed by atoms with Crippen LogP contribution < -0.4 is 10.6 Å². The second-order valence-electron chi connectivity index (χ2n) is 5.22. The van der Waals surface area contributed by atoms with Crippen molar-refractivity contribution < 1.29 is 4.79 Å². The number of anilines is 1. The summed E-state index contributed by atoms with van der Waals surface area (Å²) < 4.78 is 0. The number of piperidine rings is 1. The summed E-state index contributed by atoms with van der Waals surface area (Å²) >= 11 is 3.11. The molecule has 2 aromatic heterocycles. The molecule has 0 aromatic carbocycles. The molecule has 21 heavy (non-hydrogen) atoms. The van der Waals surface area contributed by atoms with E-state index < -0.39 is 0 Å². The number of carbonyl (C=O) groups is 1. The predicted molar refractivity (Wildman–Crippen MR) is 86.9 cm³/mol. The van der Waals surface area contributed by atoms with E-state index >= 15 is 0 Å². The van der Waals surface area contributed by atoms with Crippen LogP contribution in [0.2, 0.25) is 0 Å². The van der Waals surface area contributed by atoms with Gasteiger partial charge in [0, 0.05) is 11.9 Å². The van der Waals surface area contributed by atoms with Gasteiger partial charge in [-0.3, -0.25) is 4.79 Å². The number of hydrogen-bond acceptors (Lipinski definition) is 6. The van der Waals surface area contributed by atoms with Gasteiger partial charge >= 0.3 is 0 Å². The maximum atomic E-state index is 12.2. The van der Waals surface area contributed by atoms with Crippen LogP contribution in [0.1, 0.15) is 23.5 Å². The lowest BCUT2D eigenvalue weighted by Gasteiger charge is -2.21. The molecular formula is C14H18N4OS2. The van der Waals surface area contributed by atoms with Gasteiger partial charge < -0.3 is 10.6 Å². The summed E-state index contributed by atoms with van der Waals surface area (Å²) in [5.74, 6) is 0.124. The van der Waals surface area contributed by atoms with Gasteiger partial charge in [0.1, 0.15) is 0 Å². The SMILES string of the molecule is Cc1nc(C)c(-c2csc(NC(=O)C3CCCNC3)n2)s1. The molecule has 1 saturated heterocycles. The smallest absolute Gasteiger partial charge is 0.230 e. The van der Waals surface area contributed by atoms with Gasteiger partial charge in [-0.1, -0.05) is 0 Å². The molecule has 0 bridgehead atoms. The first-order valence-electron chi connectivity index (χ1n) is 7.05. The molecule has 1 fully saturated rings. The highest BCUT2D eigenvalue weighted by molar-refractivity contribution is 7.16. The maximum absolute atomic E-state index is 12.2. The third-order valence-electron chi connectivity index (χ3n) is 3.54. The van der Waals surface area contributed by atoms with Crippen molar-refractivity contribution >= 4 is 33.7 Å². The van der Waals surface area contributed by atoms with Gasteiger partial charge in [0.15, 0.2) is 5.13 Å². The minimum atomic E-state index is 0.0542. The molecule has 3 rings (SSSR count). The molecule has 0 aliphatic carbocycles. The number of amides is 1. The van der Waals surface area contributed by atoms with E-state index in [-0.39, 0.29) is 11.8 Å². The van der Waals surface area contributed by atoms with Crippen LogP contribution in [-0.2, 0) is 4.79 Å². The number of nitrogens with one attached hydrogen (secondary N) is 2. The highest BCUT2D eigenvalue weighted by Crippen LogP contribution is 2.32. The van der Waals surface area contributed by atoms with E-state index in [1.165, 1.54) is 11.3 Å². The van der Waals surface area contributed by atoms with Crippen molar-refractivity contribution in [2.75, 3.05) is 18.4 Å². The van der Waals surface area contributed by atoms with E-state index in [2.05, 4.69) is 20.6 Å². The van der Waals surface area contributed by atoms with Crippen LogP contribution in [0.3, 0.4) is 0 Å². The van der Waals surface area contributed by atoms with E-state index in [9.17, 15) is 4.79 Å². The molecule has 1 unspecified atom stereocenters. The van der Waals surface area contributed by atoms with Crippen molar-refractivity contribution in [3.8, 4) is 10.6 Å². The van der Waals surface area contributed by atoms with Crippen LogP contribution in [0.5, 0.6) is 0 Å². The zero-order valence-electron chi connectivity index (χ0n) is 12.1. The fourth-order valence-corrected chi connectivity index (χ4v) is 4.15. The zero-order chi connectivity index (χ0) is 14.8. The lowest BCUT2D eigenvalue weighted by Crippen LogP contribution is -2.37. The van der Waals surface area contributed by atoms with Gasteiger partial charge in [-0.05, 0) is 33.2 Å². The van der Waals surface area contributed by atoms with E-state index in [0.29, 0.717) is 5.13 Å². The average molecular weight is 322 g/mol. The molecule has 2 aromatic rings. The Morgan fingerprint density at radius 1 is 1.43 bits per heavy atom. The second kappa shape index (κ2) is 6.21. The van der Waals surface area contributed by atoms with Crippen molar-refractivity contribution in [3.05, 3.63) is 16.1 Å². The fourth-order valence-electron chi connectivity index (χ4n) is 2.49. The van der Waals surface area contributed by atoms with Crippen LogP contribution in [0.4, 0.5) is 5.13 Å². The summed E-state index contributed by atoms with van der Waals surface area (Å²) in [4.78, 5) is 22.2. The Hall–Kier alpha value is -1.31. The third kappa shape index (κ3) is 3.30. The Balaban J connectivity index is 1.70. The first-order valence-corrected chi connectivity index (χ1v) is 8.74. The molecule has 0 radical (unpaired) electrons. The van der Waals surface area contributed by atoms with Gasteiger partial charge in [-0.15, -0.1) is 22.7 Å². The first-order chi connectivity index (χ1) is 10.1. The summed E-state index contributed by atoms with van der Waals surface area (Å²) in [6.45, 7) is 5.75. The van der Waals surface area contributed by atoms with Crippen LogP contribution in [0.25, 0.3) is 10.6 Å². The molecule has 2 N–H and O–H groups in total. The number of rotatable bonds is 3. The summed E-state index contributed by atoms with van der Waals surface area (Å²) in [6, 6.07) is 0. The molecule has 0 spiro atoms. The number of aromatic nitrogens is 2. The van der Waals surface area contributed by atoms with Crippen molar-refractivity contribution in [1.82, 2.24) is 15.3 Å². The quantitative estimate of drug-likeness (QED) is 0.912. The third-order valence-corrected chi connectivity index (χ3v) is 5.39. The maximum Gasteiger partial charge on any atom is 0.230 e. The highest BCUT2D eigenvalue weighted by atomic mass is 32.1. The molecule has 3 heterocycles. The second-order valence-corrected chi connectivity index (χ2v) is 7.28. The minimum Gasteiger partial charge on any atom is -0.316 e. The largest absolute Gasteiger partial charge is 0.316 e. The van der Waals surface area contributed by atoms with E-state index in [0.717, 1.165) is 47.2 Å². The summed E-state index contributed by atoms with van der Waals surface area (Å²) in [7, 11) is 0. The number of aryl methyl sites for hydroxylation is 2. The lowest BCUT2D eigenvalue weighted by atomic mass is 9.99. The molecule has 1 atom stereocenters. The zero-order valence-corrected chi connectivity index (χ0v) is 13.7. The number of nitrogens with zero attached hydrogens (tertiary/aromatic N) is 2. The van der Waals surface area contributed by atoms with Crippen molar-refractivity contribution in [1.29, 1.82) is 0 Å². The predicted octanol–water partition coefficient (Wildman–Crippen LogP) is 2.82. The summed E-state index contributed by atoms with van der Waals surface area (Å²) in [6.07, 6.45) is 2.00. The normalized spacial score (nSPS) is 18.7. The van der Waals surface area contributed by atoms with Gasteiger partial charge in [-0.25, -0.2) is 9.97 Å². The Morgan fingerprint density at radius 3 is 2.95 bits per heavy atom. The van der Waals surface area contributed by atoms with Gasteiger partial charge in [0.2, 0.25) is 5.91 Å². The fraction of sp³-hybridized carbons (Fsp3) is 0.500. The van der Waals surface area contributed by atoms with E-state index in [1.54, 1.807) is 11.3 Å². The Morgan fingerprint density at radius 2 is 2.29 bits per heavy atom. The summed E-state index contributed by atoms with van der Waals surface area (Å²) in [5, 5.41) is 9.89. The molecule has 5 nitrogen and oxygen atoms in total. The number of thiazole rings is 2. The van der Waals surface area contributed by atoms with Gasteiger partial charge in [-0.2, -0.15) is 0 Å². The lowest BCUT2D eigenvalue weighted by molar-refractivity contribution is -0.120. The highest BCUT2D eigenvalue weighted by Gasteiger charge is 2.22. The summed E-state index contributed by atoms with van der Waals surface area (Å²) in [5.41, 5.74) is 1.90. The van der Waals surface area contributed by atoms with Crippen molar-refractivity contribution in [3.63, 3.8) is 0 Å². The minimum absolute atomic E-state index is 0.0542. The van der Waals surface area contributed by atoms with Crippen molar-refractivity contribution in [2.24, 2.45) is 5.92 Å². The van der Waals surface area contributed by atoms with Crippen LogP contribution in [-0.4, -0.2) is 29.0 Å². The molecule has 1 amide bonds. The van der Waals surface area contributed by atoms with Gasteiger partial charge in [0.05, 0.1) is 27.2 Å².